The normalized spacial score (nSPS) is 10.7. The third-order valence-corrected chi connectivity index (χ3v) is 3.02. The number of carbonyl (C=O) groups excluding carboxylic acids is 1. The summed E-state index contributed by atoms with van der Waals surface area (Å²) >= 11 is 0. The van der Waals surface area contributed by atoms with Crippen LogP contribution in [0.25, 0.3) is 0 Å². The van der Waals surface area contributed by atoms with Crippen molar-refractivity contribution in [3.05, 3.63) is 53.4 Å². The number of esters is 1. The molecule has 0 atom stereocenters. The van der Waals surface area contributed by atoms with Crippen molar-refractivity contribution in [2.75, 3.05) is 6.61 Å². The van der Waals surface area contributed by atoms with Crippen LogP contribution < -0.4 is 0 Å². The van der Waals surface area contributed by atoms with Crippen molar-refractivity contribution in [2.24, 2.45) is 0 Å². The summed E-state index contributed by atoms with van der Waals surface area (Å²) < 4.78 is 5.05. The van der Waals surface area contributed by atoms with Gasteiger partial charge >= 0.3 is 5.97 Å². The van der Waals surface area contributed by atoms with Crippen LogP contribution in [0, 0.1) is 0 Å². The van der Waals surface area contributed by atoms with Gasteiger partial charge in [0, 0.05) is 25.0 Å². The van der Waals surface area contributed by atoms with Crippen LogP contribution in [0.3, 0.4) is 0 Å². The van der Waals surface area contributed by atoms with Gasteiger partial charge in [-0.05, 0) is 30.5 Å². The fraction of sp³-hybridized carbons (Fsp3) is 0.375. The maximum absolute atomic E-state index is 11.9. The number of pyridine rings is 1. The van der Waals surface area contributed by atoms with Gasteiger partial charge in [0.25, 0.3) is 0 Å². The van der Waals surface area contributed by atoms with Crippen LogP contribution in [0.1, 0.15) is 54.1 Å². The van der Waals surface area contributed by atoms with Crippen molar-refractivity contribution >= 4 is 5.97 Å². The molecule has 5 heteroatoms. The lowest BCUT2D eigenvalue weighted by Crippen LogP contribution is -2.13. The third-order valence-electron chi connectivity index (χ3n) is 3.02. The Kier molecular flexibility index (Phi) is 4.98. The molecular weight excluding hydrogens is 266 g/mol. The quantitative estimate of drug-likeness (QED) is 0.790. The summed E-state index contributed by atoms with van der Waals surface area (Å²) in [6, 6.07) is 3.86. The van der Waals surface area contributed by atoms with E-state index in [2.05, 4.69) is 15.0 Å². The summed E-state index contributed by atoms with van der Waals surface area (Å²) in [5.41, 5.74) is 2.27. The SMILES string of the molecule is CCOC(=O)c1cnc(Cc2ccncc2)nc1C(C)C. The first-order chi connectivity index (χ1) is 10.1. The molecule has 2 aromatic heterocycles. The Bertz CT molecular complexity index is 612. The van der Waals surface area contributed by atoms with Gasteiger partial charge in [0.15, 0.2) is 0 Å². The minimum Gasteiger partial charge on any atom is -0.462 e. The average molecular weight is 285 g/mol. The van der Waals surface area contributed by atoms with E-state index in [0.29, 0.717) is 24.4 Å². The molecule has 0 bridgehead atoms. The molecule has 2 heterocycles. The minimum atomic E-state index is -0.364. The maximum Gasteiger partial charge on any atom is 0.341 e. The summed E-state index contributed by atoms with van der Waals surface area (Å²) in [4.78, 5) is 24.7. The second kappa shape index (κ2) is 6.92. The first kappa shape index (κ1) is 15.1. The third kappa shape index (κ3) is 3.84. The fourth-order valence-corrected chi connectivity index (χ4v) is 2.01. The van der Waals surface area contributed by atoms with Gasteiger partial charge in [0.2, 0.25) is 0 Å². The summed E-state index contributed by atoms with van der Waals surface area (Å²) in [6.45, 7) is 6.13. The zero-order valence-corrected chi connectivity index (χ0v) is 12.5. The number of ether oxygens (including phenoxy) is 1. The molecule has 21 heavy (non-hydrogen) atoms. The van der Waals surface area contributed by atoms with Crippen molar-refractivity contribution in [2.45, 2.75) is 33.1 Å². The lowest BCUT2D eigenvalue weighted by Gasteiger charge is -2.12. The highest BCUT2D eigenvalue weighted by atomic mass is 16.5. The van der Waals surface area contributed by atoms with Crippen LogP contribution >= 0.6 is 0 Å². The van der Waals surface area contributed by atoms with Gasteiger partial charge in [0.1, 0.15) is 5.82 Å². The highest BCUT2D eigenvalue weighted by Gasteiger charge is 2.18. The molecule has 0 aliphatic heterocycles. The highest BCUT2D eigenvalue weighted by molar-refractivity contribution is 5.90. The van der Waals surface area contributed by atoms with Crippen molar-refractivity contribution in [1.29, 1.82) is 0 Å². The molecule has 5 nitrogen and oxygen atoms in total. The highest BCUT2D eigenvalue weighted by Crippen LogP contribution is 2.18. The molecule has 0 amide bonds. The molecular formula is C16H19N3O2. The van der Waals surface area contributed by atoms with Crippen molar-refractivity contribution in [1.82, 2.24) is 15.0 Å². The molecule has 0 radical (unpaired) electrons. The lowest BCUT2D eigenvalue weighted by atomic mass is 10.0. The maximum atomic E-state index is 11.9. The molecule has 0 aliphatic rings. The molecule has 0 unspecified atom stereocenters. The van der Waals surface area contributed by atoms with Crippen LogP contribution in [0.2, 0.25) is 0 Å². The van der Waals surface area contributed by atoms with Gasteiger partial charge in [0.05, 0.1) is 17.9 Å². The van der Waals surface area contributed by atoms with Crippen molar-refractivity contribution in [3.8, 4) is 0 Å². The van der Waals surface area contributed by atoms with E-state index in [1.165, 1.54) is 0 Å². The van der Waals surface area contributed by atoms with Gasteiger partial charge < -0.3 is 4.74 Å². The Hall–Kier alpha value is -2.30. The van der Waals surface area contributed by atoms with E-state index in [-0.39, 0.29) is 11.9 Å². The molecule has 0 aromatic carbocycles. The predicted molar refractivity (Wildman–Crippen MR) is 79.1 cm³/mol. The Morgan fingerprint density at radius 3 is 2.62 bits per heavy atom. The second-order valence-corrected chi connectivity index (χ2v) is 4.99. The molecule has 110 valence electrons. The minimum absolute atomic E-state index is 0.128. The zero-order valence-electron chi connectivity index (χ0n) is 12.5. The number of aromatic nitrogens is 3. The summed E-state index contributed by atoms with van der Waals surface area (Å²) in [7, 11) is 0. The Labute approximate surface area is 124 Å². The van der Waals surface area contributed by atoms with E-state index in [0.717, 1.165) is 11.3 Å². The van der Waals surface area contributed by atoms with Gasteiger partial charge in [-0.3, -0.25) is 4.98 Å². The van der Waals surface area contributed by atoms with E-state index in [4.69, 9.17) is 4.74 Å². The number of rotatable bonds is 5. The van der Waals surface area contributed by atoms with Crippen molar-refractivity contribution < 1.29 is 9.53 Å². The van der Waals surface area contributed by atoms with E-state index < -0.39 is 0 Å². The number of hydrogen-bond acceptors (Lipinski definition) is 5. The van der Waals surface area contributed by atoms with E-state index in [1.807, 2.05) is 26.0 Å². The molecule has 0 N–H and O–H groups in total. The van der Waals surface area contributed by atoms with Crippen LogP contribution in [-0.4, -0.2) is 27.5 Å². The molecule has 2 aromatic rings. The molecule has 0 spiro atoms. The van der Waals surface area contributed by atoms with Crippen LogP contribution in [0.4, 0.5) is 0 Å². The van der Waals surface area contributed by atoms with E-state index >= 15 is 0 Å². The largest absolute Gasteiger partial charge is 0.462 e. The lowest BCUT2D eigenvalue weighted by molar-refractivity contribution is 0.0523. The van der Waals surface area contributed by atoms with Gasteiger partial charge in [-0.1, -0.05) is 13.8 Å². The fourth-order valence-electron chi connectivity index (χ4n) is 2.01. The first-order valence-corrected chi connectivity index (χ1v) is 7.03. The van der Waals surface area contributed by atoms with Crippen LogP contribution in [-0.2, 0) is 11.2 Å². The number of carbonyl (C=O) groups is 1. The summed E-state index contributed by atoms with van der Waals surface area (Å²) in [5.74, 6) is 0.457. The second-order valence-electron chi connectivity index (χ2n) is 4.99. The smallest absolute Gasteiger partial charge is 0.341 e. The first-order valence-electron chi connectivity index (χ1n) is 7.03. The van der Waals surface area contributed by atoms with Crippen LogP contribution in [0.5, 0.6) is 0 Å². The van der Waals surface area contributed by atoms with E-state index in [9.17, 15) is 4.79 Å². The Morgan fingerprint density at radius 1 is 1.29 bits per heavy atom. The molecule has 0 saturated heterocycles. The Morgan fingerprint density at radius 2 is 2.00 bits per heavy atom. The number of hydrogen-bond donors (Lipinski definition) is 0. The topological polar surface area (TPSA) is 65.0 Å². The van der Waals surface area contributed by atoms with E-state index in [1.54, 1.807) is 25.5 Å². The Balaban J connectivity index is 2.30. The number of nitrogens with zero attached hydrogens (tertiary/aromatic N) is 3. The van der Waals surface area contributed by atoms with Crippen LogP contribution in [0.15, 0.2) is 30.7 Å². The summed E-state index contributed by atoms with van der Waals surface area (Å²) in [6.07, 6.45) is 5.67. The molecule has 2 rings (SSSR count). The van der Waals surface area contributed by atoms with Gasteiger partial charge in [-0.25, -0.2) is 14.8 Å². The standard InChI is InChI=1S/C16H19N3O2/c1-4-21-16(20)13-10-18-14(19-15(13)11(2)3)9-12-5-7-17-8-6-12/h5-8,10-11H,4,9H2,1-3H3. The summed E-state index contributed by atoms with van der Waals surface area (Å²) in [5, 5.41) is 0. The molecule has 0 fully saturated rings. The average Bonchev–Trinajstić information content (AvgIpc) is 2.48. The zero-order chi connectivity index (χ0) is 15.2. The van der Waals surface area contributed by atoms with Crippen molar-refractivity contribution in [3.63, 3.8) is 0 Å². The molecule has 0 saturated carbocycles. The monoisotopic (exact) mass is 285 g/mol. The van der Waals surface area contributed by atoms with Gasteiger partial charge in [-0.15, -0.1) is 0 Å². The molecule has 0 aliphatic carbocycles. The predicted octanol–water partition coefficient (Wildman–Crippen LogP) is 2.76. The van der Waals surface area contributed by atoms with Gasteiger partial charge in [-0.2, -0.15) is 0 Å².